The van der Waals surface area contributed by atoms with Crippen molar-refractivity contribution in [3.8, 4) is 0 Å². The first-order valence-electron chi connectivity index (χ1n) is 7.83. The standard InChI is InChI=1S/C15H28N2O3/c16-11-12-6-8-13(9-7-12)15(20)17-10-4-2-1-3-5-14(18)19/h12-13H,1-11,16H2,(H,17,20)(H,18,19). The SMILES string of the molecule is NCC1CCC(C(=O)NCCCCCCC(=O)O)CC1. The highest BCUT2D eigenvalue weighted by atomic mass is 16.4. The van der Waals surface area contributed by atoms with Crippen LogP contribution in [0.1, 0.15) is 57.8 Å². The summed E-state index contributed by atoms with van der Waals surface area (Å²) >= 11 is 0. The van der Waals surface area contributed by atoms with Crippen LogP contribution < -0.4 is 11.1 Å². The summed E-state index contributed by atoms with van der Waals surface area (Å²) < 4.78 is 0. The second-order valence-electron chi connectivity index (χ2n) is 5.80. The predicted molar refractivity (Wildman–Crippen MR) is 78.2 cm³/mol. The van der Waals surface area contributed by atoms with Crippen LogP contribution in [0, 0.1) is 11.8 Å². The van der Waals surface area contributed by atoms with Crippen molar-refractivity contribution in [2.75, 3.05) is 13.1 Å². The molecule has 1 saturated carbocycles. The maximum absolute atomic E-state index is 12.0. The number of nitrogens with one attached hydrogen (secondary N) is 1. The molecule has 5 heteroatoms. The second kappa shape index (κ2) is 9.75. The average molecular weight is 284 g/mol. The molecule has 5 nitrogen and oxygen atoms in total. The summed E-state index contributed by atoms with van der Waals surface area (Å²) in [5, 5.41) is 11.5. The highest BCUT2D eigenvalue weighted by molar-refractivity contribution is 5.78. The fourth-order valence-corrected chi connectivity index (χ4v) is 2.77. The van der Waals surface area contributed by atoms with E-state index in [1.54, 1.807) is 0 Å². The number of nitrogens with two attached hydrogens (primary N) is 1. The van der Waals surface area contributed by atoms with Crippen LogP contribution in [0.5, 0.6) is 0 Å². The van der Waals surface area contributed by atoms with Gasteiger partial charge in [-0.1, -0.05) is 12.8 Å². The molecule has 20 heavy (non-hydrogen) atoms. The number of amides is 1. The largest absolute Gasteiger partial charge is 0.481 e. The van der Waals surface area contributed by atoms with E-state index in [1.165, 1.54) is 0 Å². The zero-order valence-electron chi connectivity index (χ0n) is 12.3. The van der Waals surface area contributed by atoms with Crippen molar-refractivity contribution in [3.63, 3.8) is 0 Å². The summed E-state index contributed by atoms with van der Waals surface area (Å²) in [6.45, 7) is 1.45. The third-order valence-electron chi connectivity index (χ3n) is 4.17. The minimum Gasteiger partial charge on any atom is -0.481 e. The highest BCUT2D eigenvalue weighted by Crippen LogP contribution is 2.28. The number of carbonyl (C=O) groups is 2. The van der Waals surface area contributed by atoms with Crippen LogP contribution in [0.15, 0.2) is 0 Å². The van der Waals surface area contributed by atoms with Crippen LogP contribution in [-0.2, 0) is 9.59 Å². The molecule has 0 aliphatic heterocycles. The molecule has 0 atom stereocenters. The number of aliphatic carboxylic acids is 1. The van der Waals surface area contributed by atoms with E-state index in [4.69, 9.17) is 10.8 Å². The number of rotatable bonds is 9. The number of hydrogen-bond acceptors (Lipinski definition) is 3. The van der Waals surface area contributed by atoms with Gasteiger partial charge in [0.1, 0.15) is 0 Å². The minimum atomic E-state index is -0.730. The van der Waals surface area contributed by atoms with E-state index in [0.29, 0.717) is 12.5 Å². The van der Waals surface area contributed by atoms with E-state index >= 15 is 0 Å². The van der Waals surface area contributed by atoms with Gasteiger partial charge in [-0.15, -0.1) is 0 Å². The normalized spacial score (nSPS) is 22.4. The first kappa shape index (κ1) is 17.0. The molecule has 0 unspecified atom stereocenters. The zero-order valence-corrected chi connectivity index (χ0v) is 12.3. The lowest BCUT2D eigenvalue weighted by Gasteiger charge is -2.26. The Morgan fingerprint density at radius 3 is 2.30 bits per heavy atom. The molecule has 0 saturated heterocycles. The van der Waals surface area contributed by atoms with Crippen LogP contribution in [0.25, 0.3) is 0 Å². The third-order valence-corrected chi connectivity index (χ3v) is 4.17. The van der Waals surface area contributed by atoms with Gasteiger partial charge in [-0.25, -0.2) is 0 Å². The molecule has 1 amide bonds. The zero-order chi connectivity index (χ0) is 14.8. The Hall–Kier alpha value is -1.10. The van der Waals surface area contributed by atoms with Gasteiger partial charge in [-0.3, -0.25) is 9.59 Å². The van der Waals surface area contributed by atoms with Crippen LogP contribution >= 0.6 is 0 Å². The summed E-state index contributed by atoms with van der Waals surface area (Å²) in [6, 6.07) is 0. The van der Waals surface area contributed by atoms with Crippen molar-refractivity contribution in [3.05, 3.63) is 0 Å². The lowest BCUT2D eigenvalue weighted by atomic mass is 9.81. The van der Waals surface area contributed by atoms with Crippen molar-refractivity contribution < 1.29 is 14.7 Å². The molecule has 0 radical (unpaired) electrons. The first-order chi connectivity index (χ1) is 9.63. The minimum absolute atomic E-state index is 0.171. The van der Waals surface area contributed by atoms with E-state index in [0.717, 1.165) is 57.9 Å². The van der Waals surface area contributed by atoms with Crippen LogP contribution in [-0.4, -0.2) is 30.1 Å². The summed E-state index contributed by atoms with van der Waals surface area (Å²) in [6.07, 6.45) is 7.88. The van der Waals surface area contributed by atoms with Gasteiger partial charge in [0.15, 0.2) is 0 Å². The van der Waals surface area contributed by atoms with E-state index in [-0.39, 0.29) is 18.2 Å². The maximum Gasteiger partial charge on any atom is 0.303 e. The number of hydrogen-bond donors (Lipinski definition) is 3. The topological polar surface area (TPSA) is 92.4 Å². The van der Waals surface area contributed by atoms with Gasteiger partial charge in [-0.05, 0) is 51.0 Å². The monoisotopic (exact) mass is 284 g/mol. The quantitative estimate of drug-likeness (QED) is 0.564. The molecule has 0 bridgehead atoms. The molecule has 0 aromatic carbocycles. The molecule has 116 valence electrons. The third kappa shape index (κ3) is 6.89. The van der Waals surface area contributed by atoms with E-state index in [1.807, 2.05) is 0 Å². The van der Waals surface area contributed by atoms with Crippen LogP contribution in [0.2, 0.25) is 0 Å². The molecular formula is C15H28N2O3. The van der Waals surface area contributed by atoms with Crippen molar-refractivity contribution in [1.82, 2.24) is 5.32 Å². The Balaban J connectivity index is 1.99. The van der Waals surface area contributed by atoms with Crippen LogP contribution in [0.3, 0.4) is 0 Å². The summed E-state index contributed by atoms with van der Waals surface area (Å²) in [5.74, 6) is 0.232. The lowest BCUT2D eigenvalue weighted by molar-refractivity contribution is -0.137. The molecule has 1 aliphatic rings. The van der Waals surface area contributed by atoms with Crippen molar-refractivity contribution >= 4 is 11.9 Å². The molecule has 0 aromatic heterocycles. The predicted octanol–water partition coefficient (Wildman–Crippen LogP) is 1.90. The van der Waals surface area contributed by atoms with Gasteiger partial charge in [0.25, 0.3) is 0 Å². The van der Waals surface area contributed by atoms with Crippen molar-refractivity contribution in [2.24, 2.45) is 17.6 Å². The molecule has 0 heterocycles. The molecule has 1 fully saturated rings. The van der Waals surface area contributed by atoms with Crippen molar-refractivity contribution in [1.29, 1.82) is 0 Å². The summed E-state index contributed by atoms with van der Waals surface area (Å²) in [4.78, 5) is 22.3. The molecule has 4 N–H and O–H groups in total. The Labute approximate surface area is 121 Å². The molecule has 1 rings (SSSR count). The van der Waals surface area contributed by atoms with Gasteiger partial charge >= 0.3 is 5.97 Å². The van der Waals surface area contributed by atoms with E-state index in [2.05, 4.69) is 5.32 Å². The van der Waals surface area contributed by atoms with Gasteiger partial charge in [0, 0.05) is 18.9 Å². The number of carboxylic acids is 1. The fraction of sp³-hybridized carbons (Fsp3) is 0.867. The Kier molecular flexibility index (Phi) is 8.26. The lowest BCUT2D eigenvalue weighted by Crippen LogP contribution is -2.34. The summed E-state index contributed by atoms with van der Waals surface area (Å²) in [5.41, 5.74) is 5.64. The van der Waals surface area contributed by atoms with Gasteiger partial charge in [0.2, 0.25) is 5.91 Å². The van der Waals surface area contributed by atoms with Crippen LogP contribution in [0.4, 0.5) is 0 Å². The van der Waals surface area contributed by atoms with E-state index in [9.17, 15) is 9.59 Å². The Morgan fingerprint density at radius 2 is 1.70 bits per heavy atom. The summed E-state index contributed by atoms with van der Waals surface area (Å²) in [7, 11) is 0. The average Bonchev–Trinajstić information content (AvgIpc) is 2.45. The molecular weight excluding hydrogens is 256 g/mol. The van der Waals surface area contributed by atoms with Gasteiger partial charge in [0.05, 0.1) is 0 Å². The number of carboxylic acid groups (broad SMARTS) is 1. The number of unbranched alkanes of at least 4 members (excludes halogenated alkanes) is 3. The smallest absolute Gasteiger partial charge is 0.303 e. The van der Waals surface area contributed by atoms with Gasteiger partial charge < -0.3 is 16.2 Å². The maximum atomic E-state index is 12.0. The molecule has 0 aromatic rings. The van der Waals surface area contributed by atoms with E-state index < -0.39 is 5.97 Å². The molecule has 0 spiro atoms. The number of carbonyl (C=O) groups excluding carboxylic acids is 1. The Morgan fingerprint density at radius 1 is 1.05 bits per heavy atom. The second-order valence-corrected chi connectivity index (χ2v) is 5.80. The molecule has 1 aliphatic carbocycles. The van der Waals surface area contributed by atoms with Crippen molar-refractivity contribution in [2.45, 2.75) is 57.8 Å². The first-order valence-corrected chi connectivity index (χ1v) is 7.83. The highest BCUT2D eigenvalue weighted by Gasteiger charge is 2.25. The Bertz CT molecular complexity index is 299. The van der Waals surface area contributed by atoms with Gasteiger partial charge in [-0.2, -0.15) is 0 Å². The fourth-order valence-electron chi connectivity index (χ4n) is 2.77.